The number of ether oxygens (including phenoxy) is 1. The third kappa shape index (κ3) is 3.82. The molecule has 3 nitrogen and oxygen atoms in total. The van der Waals surface area contributed by atoms with Crippen LogP contribution in [0.25, 0.3) is 0 Å². The number of hydrogen-bond acceptors (Lipinski definition) is 3. The molecule has 0 radical (unpaired) electrons. The van der Waals surface area contributed by atoms with Gasteiger partial charge >= 0.3 is 5.97 Å². The fourth-order valence-electron chi connectivity index (χ4n) is 2.08. The molecule has 0 N–H and O–H groups in total. The summed E-state index contributed by atoms with van der Waals surface area (Å²) in [5, 5.41) is 0. The maximum Gasteiger partial charge on any atom is 0.309 e. The third-order valence-corrected chi connectivity index (χ3v) is 2.82. The van der Waals surface area contributed by atoms with Crippen LogP contribution in [-0.4, -0.2) is 36.6 Å². The van der Waals surface area contributed by atoms with Crippen molar-refractivity contribution in [2.24, 2.45) is 11.8 Å². The summed E-state index contributed by atoms with van der Waals surface area (Å²) in [7, 11) is 2.10. The Hall–Kier alpha value is -0.570. The maximum absolute atomic E-state index is 11.9. The van der Waals surface area contributed by atoms with Gasteiger partial charge in [-0.25, -0.2) is 0 Å². The van der Waals surface area contributed by atoms with Crippen LogP contribution in [0.15, 0.2) is 0 Å². The van der Waals surface area contributed by atoms with Crippen LogP contribution in [0.5, 0.6) is 0 Å². The van der Waals surface area contributed by atoms with Gasteiger partial charge in [-0.3, -0.25) is 4.79 Å². The molecule has 0 aromatic carbocycles. The summed E-state index contributed by atoms with van der Waals surface area (Å²) in [6, 6.07) is 0. The molecular formula is C12H23NO2. The minimum absolute atomic E-state index is 0.0249. The van der Waals surface area contributed by atoms with Crippen molar-refractivity contribution in [2.75, 3.05) is 20.1 Å². The van der Waals surface area contributed by atoms with Gasteiger partial charge in [0.25, 0.3) is 0 Å². The molecule has 1 fully saturated rings. The van der Waals surface area contributed by atoms with Gasteiger partial charge in [0.1, 0.15) is 5.60 Å². The normalized spacial score (nSPS) is 28.9. The molecule has 1 aliphatic heterocycles. The van der Waals surface area contributed by atoms with Crippen molar-refractivity contribution >= 4 is 5.97 Å². The lowest BCUT2D eigenvalue weighted by Crippen LogP contribution is -2.42. The monoisotopic (exact) mass is 213 g/mol. The standard InChI is InChI=1S/C12H23NO2/c1-9-8-13(5)7-6-10(9)11(14)15-12(2,3)4/h9-10H,6-8H2,1-5H3. The molecule has 0 saturated carbocycles. The van der Waals surface area contributed by atoms with Gasteiger partial charge in [-0.05, 0) is 46.7 Å². The number of carbonyl (C=O) groups excluding carboxylic acids is 1. The van der Waals surface area contributed by atoms with Gasteiger partial charge in [0.2, 0.25) is 0 Å². The Kier molecular flexibility index (Phi) is 3.77. The topological polar surface area (TPSA) is 29.5 Å². The van der Waals surface area contributed by atoms with E-state index in [0.29, 0.717) is 5.92 Å². The molecule has 0 aliphatic carbocycles. The van der Waals surface area contributed by atoms with E-state index >= 15 is 0 Å². The van der Waals surface area contributed by atoms with E-state index in [-0.39, 0.29) is 17.5 Å². The van der Waals surface area contributed by atoms with Gasteiger partial charge < -0.3 is 9.64 Å². The molecule has 2 unspecified atom stereocenters. The summed E-state index contributed by atoms with van der Waals surface area (Å²) >= 11 is 0. The molecule has 15 heavy (non-hydrogen) atoms. The number of rotatable bonds is 1. The Balaban J connectivity index is 2.53. The van der Waals surface area contributed by atoms with Crippen molar-refractivity contribution in [1.29, 1.82) is 0 Å². The molecule has 2 atom stereocenters. The van der Waals surface area contributed by atoms with E-state index in [1.54, 1.807) is 0 Å². The quantitative estimate of drug-likeness (QED) is 0.623. The van der Waals surface area contributed by atoms with Gasteiger partial charge in [-0.2, -0.15) is 0 Å². The first-order chi connectivity index (χ1) is 6.79. The average Bonchev–Trinajstić information content (AvgIpc) is 1.99. The first-order valence-electron chi connectivity index (χ1n) is 5.71. The first kappa shape index (κ1) is 12.5. The Morgan fingerprint density at radius 3 is 2.47 bits per heavy atom. The van der Waals surface area contributed by atoms with Crippen molar-refractivity contribution in [3.8, 4) is 0 Å². The van der Waals surface area contributed by atoms with Crippen molar-refractivity contribution in [3.05, 3.63) is 0 Å². The molecule has 0 bridgehead atoms. The highest BCUT2D eigenvalue weighted by Gasteiger charge is 2.33. The van der Waals surface area contributed by atoms with E-state index in [0.717, 1.165) is 19.5 Å². The van der Waals surface area contributed by atoms with Gasteiger partial charge in [0, 0.05) is 6.54 Å². The second kappa shape index (κ2) is 4.52. The maximum atomic E-state index is 11.9. The summed E-state index contributed by atoms with van der Waals surface area (Å²) in [6.07, 6.45) is 0.923. The lowest BCUT2D eigenvalue weighted by Gasteiger charge is -2.34. The predicted molar refractivity (Wildman–Crippen MR) is 60.6 cm³/mol. The van der Waals surface area contributed by atoms with Crippen LogP contribution in [0.3, 0.4) is 0 Å². The number of piperidine rings is 1. The second-order valence-corrected chi connectivity index (χ2v) is 5.67. The largest absolute Gasteiger partial charge is 0.460 e. The van der Waals surface area contributed by atoms with Crippen molar-refractivity contribution in [1.82, 2.24) is 4.90 Å². The van der Waals surface area contributed by atoms with Crippen LogP contribution in [0, 0.1) is 11.8 Å². The highest BCUT2D eigenvalue weighted by molar-refractivity contribution is 5.73. The van der Waals surface area contributed by atoms with Crippen LogP contribution < -0.4 is 0 Å². The zero-order valence-corrected chi connectivity index (χ0v) is 10.5. The van der Waals surface area contributed by atoms with Gasteiger partial charge in [0.05, 0.1) is 5.92 Å². The summed E-state index contributed by atoms with van der Waals surface area (Å²) in [4.78, 5) is 14.2. The molecule has 88 valence electrons. The number of likely N-dealkylation sites (tertiary alicyclic amines) is 1. The van der Waals surface area contributed by atoms with Crippen molar-refractivity contribution in [3.63, 3.8) is 0 Å². The second-order valence-electron chi connectivity index (χ2n) is 5.67. The zero-order valence-electron chi connectivity index (χ0n) is 10.5. The lowest BCUT2D eigenvalue weighted by atomic mass is 9.87. The van der Waals surface area contributed by atoms with E-state index in [1.807, 2.05) is 20.8 Å². The molecule has 0 aromatic rings. The van der Waals surface area contributed by atoms with Crippen molar-refractivity contribution < 1.29 is 9.53 Å². The number of nitrogens with zero attached hydrogens (tertiary/aromatic N) is 1. The highest BCUT2D eigenvalue weighted by atomic mass is 16.6. The Morgan fingerprint density at radius 2 is 2.00 bits per heavy atom. The minimum Gasteiger partial charge on any atom is -0.460 e. The average molecular weight is 213 g/mol. The summed E-state index contributed by atoms with van der Waals surface area (Å²) in [6.45, 7) is 9.88. The highest BCUT2D eigenvalue weighted by Crippen LogP contribution is 2.25. The van der Waals surface area contributed by atoms with E-state index in [1.165, 1.54) is 0 Å². The molecule has 0 spiro atoms. The number of hydrogen-bond donors (Lipinski definition) is 0. The zero-order chi connectivity index (χ0) is 11.6. The Labute approximate surface area is 92.8 Å². The minimum atomic E-state index is -0.361. The lowest BCUT2D eigenvalue weighted by molar-refractivity contribution is -0.163. The number of esters is 1. The Morgan fingerprint density at radius 1 is 1.40 bits per heavy atom. The molecule has 0 aromatic heterocycles. The van der Waals surface area contributed by atoms with E-state index in [9.17, 15) is 4.79 Å². The van der Waals surface area contributed by atoms with E-state index in [4.69, 9.17) is 4.74 Å². The summed E-state index contributed by atoms with van der Waals surface area (Å²) < 4.78 is 5.43. The Bertz CT molecular complexity index is 232. The van der Waals surface area contributed by atoms with Crippen LogP contribution in [0.4, 0.5) is 0 Å². The van der Waals surface area contributed by atoms with Gasteiger partial charge in [-0.15, -0.1) is 0 Å². The van der Waals surface area contributed by atoms with E-state index < -0.39 is 0 Å². The summed E-state index contributed by atoms with van der Waals surface area (Å²) in [5.74, 6) is 0.460. The molecular weight excluding hydrogens is 190 g/mol. The van der Waals surface area contributed by atoms with Crippen LogP contribution in [0.1, 0.15) is 34.1 Å². The molecule has 3 heteroatoms. The molecule has 0 amide bonds. The summed E-state index contributed by atoms with van der Waals surface area (Å²) in [5.41, 5.74) is -0.361. The smallest absolute Gasteiger partial charge is 0.309 e. The van der Waals surface area contributed by atoms with Gasteiger partial charge in [0.15, 0.2) is 0 Å². The predicted octanol–water partition coefficient (Wildman–Crippen LogP) is 1.92. The first-order valence-corrected chi connectivity index (χ1v) is 5.71. The van der Waals surface area contributed by atoms with Crippen LogP contribution >= 0.6 is 0 Å². The SMILES string of the molecule is CC1CN(C)CCC1C(=O)OC(C)(C)C. The van der Waals surface area contributed by atoms with Gasteiger partial charge in [-0.1, -0.05) is 6.92 Å². The fourth-order valence-corrected chi connectivity index (χ4v) is 2.08. The van der Waals surface area contributed by atoms with Crippen molar-refractivity contribution in [2.45, 2.75) is 39.7 Å². The fraction of sp³-hybridized carbons (Fsp3) is 0.917. The van der Waals surface area contributed by atoms with E-state index in [2.05, 4.69) is 18.9 Å². The molecule has 1 heterocycles. The third-order valence-electron chi connectivity index (χ3n) is 2.82. The molecule has 1 aliphatic rings. The number of carbonyl (C=O) groups is 1. The molecule has 1 saturated heterocycles. The molecule has 1 rings (SSSR count). The van der Waals surface area contributed by atoms with Crippen LogP contribution in [0.2, 0.25) is 0 Å². The van der Waals surface area contributed by atoms with Crippen LogP contribution in [-0.2, 0) is 9.53 Å².